The molecule has 160 valence electrons. The lowest BCUT2D eigenvalue weighted by Gasteiger charge is -2.34. The molecule has 1 saturated heterocycles. The van der Waals surface area contributed by atoms with E-state index in [0.717, 1.165) is 18.9 Å². The third kappa shape index (κ3) is 3.26. The van der Waals surface area contributed by atoms with Crippen LogP contribution in [0.1, 0.15) is 35.7 Å². The number of rotatable bonds is 5. The van der Waals surface area contributed by atoms with Gasteiger partial charge < -0.3 is 29.9 Å². The fraction of sp³-hybridized carbons (Fsp3) is 0.450. The maximum Gasteiger partial charge on any atom is 0.341 e. The van der Waals surface area contributed by atoms with E-state index in [1.165, 1.54) is 20.4 Å². The molecule has 1 aromatic carbocycles. The first-order valence-electron chi connectivity index (χ1n) is 9.66. The molecule has 1 saturated carbocycles. The highest BCUT2D eigenvalue weighted by Gasteiger charge is 2.33. The number of hydrogen-bond acceptors (Lipinski definition) is 7. The third-order valence-corrected chi connectivity index (χ3v) is 5.58. The molecule has 2 fully saturated rings. The Morgan fingerprint density at radius 1 is 1.37 bits per heavy atom. The van der Waals surface area contributed by atoms with Crippen LogP contribution in [0.3, 0.4) is 0 Å². The monoisotopic (exact) mass is 418 g/mol. The number of anilines is 1. The molecule has 3 N–H and O–H groups in total. The second kappa shape index (κ2) is 7.60. The van der Waals surface area contributed by atoms with Crippen LogP contribution in [0.25, 0.3) is 10.9 Å². The number of aromatic nitrogens is 1. The number of piperidine rings is 1. The average molecular weight is 418 g/mol. The predicted molar refractivity (Wildman–Crippen MR) is 109 cm³/mol. The quantitative estimate of drug-likeness (QED) is 0.710. The van der Waals surface area contributed by atoms with Crippen molar-refractivity contribution in [2.24, 2.45) is 10.9 Å². The minimum absolute atomic E-state index is 0.0113. The molecular formula is C20H23FN4O5. The van der Waals surface area contributed by atoms with E-state index in [9.17, 15) is 14.7 Å². The van der Waals surface area contributed by atoms with Crippen molar-refractivity contribution in [3.05, 3.63) is 33.9 Å². The van der Waals surface area contributed by atoms with Crippen molar-refractivity contribution in [3.8, 4) is 5.75 Å². The van der Waals surface area contributed by atoms with Crippen molar-refractivity contribution >= 4 is 28.3 Å². The van der Waals surface area contributed by atoms with Crippen LogP contribution in [-0.2, 0) is 4.84 Å². The van der Waals surface area contributed by atoms with Gasteiger partial charge in [0.25, 0.3) is 0 Å². The number of aromatic carboxylic acids is 1. The molecule has 1 atom stereocenters. The number of carboxylic acid groups (broad SMARTS) is 1. The van der Waals surface area contributed by atoms with Gasteiger partial charge in [-0.25, -0.2) is 9.18 Å². The molecule has 2 heterocycles. The lowest BCUT2D eigenvalue weighted by Crippen LogP contribution is -2.49. The molecule has 9 nitrogen and oxygen atoms in total. The van der Waals surface area contributed by atoms with Crippen molar-refractivity contribution in [1.29, 1.82) is 0 Å². The van der Waals surface area contributed by atoms with Crippen molar-refractivity contribution < 1.29 is 23.9 Å². The van der Waals surface area contributed by atoms with Crippen LogP contribution in [0.15, 0.2) is 22.2 Å². The van der Waals surface area contributed by atoms with E-state index in [4.69, 9.17) is 15.3 Å². The number of carbonyl (C=O) groups is 1. The third-order valence-electron chi connectivity index (χ3n) is 5.58. The van der Waals surface area contributed by atoms with Gasteiger partial charge in [0.1, 0.15) is 18.4 Å². The number of pyridine rings is 1. The molecule has 10 heteroatoms. The smallest absolute Gasteiger partial charge is 0.341 e. The Morgan fingerprint density at radius 3 is 2.67 bits per heavy atom. The lowest BCUT2D eigenvalue weighted by atomic mass is 10.0. The van der Waals surface area contributed by atoms with Gasteiger partial charge >= 0.3 is 5.97 Å². The summed E-state index contributed by atoms with van der Waals surface area (Å²) in [5, 5.41) is 13.3. The zero-order valence-electron chi connectivity index (χ0n) is 16.7. The number of fused-ring (bicyclic) bond motifs is 1. The number of methoxy groups -OCH3 is 1. The van der Waals surface area contributed by atoms with E-state index in [2.05, 4.69) is 5.16 Å². The lowest BCUT2D eigenvalue weighted by molar-refractivity contribution is 0.0695. The first kappa shape index (κ1) is 20.1. The number of benzene rings is 1. The largest absolute Gasteiger partial charge is 0.492 e. The Morgan fingerprint density at radius 2 is 2.10 bits per heavy atom. The van der Waals surface area contributed by atoms with E-state index in [-0.39, 0.29) is 28.4 Å². The van der Waals surface area contributed by atoms with Gasteiger partial charge in [-0.3, -0.25) is 4.79 Å². The molecular weight excluding hydrogens is 395 g/mol. The zero-order chi connectivity index (χ0) is 21.6. The maximum absolute atomic E-state index is 15.3. The van der Waals surface area contributed by atoms with Gasteiger partial charge in [0.2, 0.25) is 5.43 Å². The van der Waals surface area contributed by atoms with Crippen molar-refractivity contribution in [2.75, 3.05) is 32.2 Å². The first-order chi connectivity index (χ1) is 14.4. The fourth-order valence-electron chi connectivity index (χ4n) is 4.03. The standard InChI is InChI=1S/C20H23FN4O5/c1-29-19-16-11(18(26)12(20(27)28)8-25(16)10-3-4-10)7-13(21)17(19)24-6-5-15(23-30-2)14(22)9-24/h7-8,10,14H,3-6,9,22H2,1-2H3,(H,27,28)/b23-15+. The first-order valence-corrected chi connectivity index (χ1v) is 9.66. The number of nitrogens with zero attached hydrogens (tertiary/aromatic N) is 3. The van der Waals surface area contributed by atoms with Crippen molar-refractivity contribution in [1.82, 2.24) is 4.57 Å². The zero-order valence-corrected chi connectivity index (χ0v) is 16.7. The van der Waals surface area contributed by atoms with E-state index in [1.807, 2.05) is 0 Å². The number of ether oxygens (including phenoxy) is 1. The van der Waals surface area contributed by atoms with Gasteiger partial charge in [0, 0.05) is 31.7 Å². The summed E-state index contributed by atoms with van der Waals surface area (Å²) in [6.07, 6.45) is 3.51. The molecule has 4 rings (SSSR count). The molecule has 30 heavy (non-hydrogen) atoms. The second-order valence-electron chi connectivity index (χ2n) is 7.52. The maximum atomic E-state index is 15.3. The Hall–Kier alpha value is -3.14. The van der Waals surface area contributed by atoms with Gasteiger partial charge in [0.15, 0.2) is 11.6 Å². The summed E-state index contributed by atoms with van der Waals surface area (Å²) in [7, 11) is 2.85. The number of carboxylic acids is 1. The summed E-state index contributed by atoms with van der Waals surface area (Å²) in [4.78, 5) is 30.9. The van der Waals surface area contributed by atoms with Crippen LogP contribution in [0, 0.1) is 5.82 Å². The molecule has 1 aromatic heterocycles. The molecule has 0 amide bonds. The summed E-state index contributed by atoms with van der Waals surface area (Å²) in [6, 6.07) is 0.700. The minimum Gasteiger partial charge on any atom is -0.492 e. The molecule has 0 radical (unpaired) electrons. The topological polar surface area (TPSA) is 119 Å². The van der Waals surface area contributed by atoms with E-state index in [0.29, 0.717) is 30.7 Å². The SMILES string of the molecule is CO/N=C1\CCN(c2c(F)cc3c(=O)c(C(=O)O)cn(C4CC4)c3c2OC)CC1N. The van der Waals surface area contributed by atoms with E-state index in [1.54, 1.807) is 9.47 Å². The molecule has 0 spiro atoms. The van der Waals surface area contributed by atoms with Crippen LogP contribution in [0.4, 0.5) is 10.1 Å². The van der Waals surface area contributed by atoms with E-state index < -0.39 is 23.3 Å². The Bertz CT molecular complexity index is 1110. The second-order valence-corrected chi connectivity index (χ2v) is 7.52. The Kier molecular flexibility index (Phi) is 5.10. The number of halogens is 1. The van der Waals surface area contributed by atoms with Crippen LogP contribution >= 0.6 is 0 Å². The van der Waals surface area contributed by atoms with Crippen molar-refractivity contribution in [2.45, 2.75) is 31.3 Å². The Balaban J connectivity index is 1.92. The minimum atomic E-state index is -1.34. The molecule has 2 aromatic rings. The van der Waals surface area contributed by atoms with Gasteiger partial charge in [-0.2, -0.15) is 0 Å². The molecule has 1 aliphatic heterocycles. The highest BCUT2D eigenvalue weighted by Crippen LogP contribution is 2.44. The summed E-state index contributed by atoms with van der Waals surface area (Å²) in [5.74, 6) is -1.81. The van der Waals surface area contributed by atoms with Crippen LogP contribution in [0.5, 0.6) is 5.75 Å². The highest BCUT2D eigenvalue weighted by molar-refractivity contribution is 5.98. The summed E-state index contributed by atoms with van der Waals surface area (Å²) in [6.45, 7) is 0.734. The van der Waals surface area contributed by atoms with Crippen molar-refractivity contribution in [3.63, 3.8) is 0 Å². The predicted octanol–water partition coefficient (Wildman–Crippen LogP) is 1.72. The summed E-state index contributed by atoms with van der Waals surface area (Å²) < 4.78 is 22.6. The number of hydrogen-bond donors (Lipinski definition) is 2. The number of oxime groups is 1. The normalized spacial score (nSPS) is 20.6. The molecule has 1 unspecified atom stereocenters. The summed E-state index contributed by atoms with van der Waals surface area (Å²) in [5.41, 5.74) is 6.35. The summed E-state index contributed by atoms with van der Waals surface area (Å²) >= 11 is 0. The van der Waals surface area contributed by atoms with Gasteiger partial charge in [-0.1, -0.05) is 5.16 Å². The average Bonchev–Trinajstić information content (AvgIpc) is 3.54. The van der Waals surface area contributed by atoms with Gasteiger partial charge in [0.05, 0.1) is 29.8 Å². The molecule has 1 aliphatic carbocycles. The fourth-order valence-corrected chi connectivity index (χ4v) is 4.03. The van der Waals surface area contributed by atoms with Crippen LogP contribution < -0.4 is 20.8 Å². The number of nitrogens with two attached hydrogens (primary N) is 1. The van der Waals surface area contributed by atoms with E-state index >= 15 is 4.39 Å². The molecule has 0 bridgehead atoms. The van der Waals surface area contributed by atoms with Crippen LogP contribution in [-0.4, -0.2) is 54.7 Å². The Labute approximate surface area is 171 Å². The molecule has 2 aliphatic rings. The van der Waals surface area contributed by atoms with Gasteiger partial charge in [-0.05, 0) is 18.9 Å². The van der Waals surface area contributed by atoms with Gasteiger partial charge in [-0.15, -0.1) is 0 Å². The highest BCUT2D eigenvalue weighted by atomic mass is 19.1. The van der Waals surface area contributed by atoms with Crippen LogP contribution in [0.2, 0.25) is 0 Å².